The van der Waals surface area contributed by atoms with Crippen LogP contribution < -0.4 is 9.41 Å². The zero-order valence-electron chi connectivity index (χ0n) is 14.6. The summed E-state index contributed by atoms with van der Waals surface area (Å²) in [5.41, 5.74) is 3.60. The van der Waals surface area contributed by atoms with Crippen molar-refractivity contribution < 1.29 is 40.7 Å². The minimum absolute atomic E-state index is 0. The second kappa shape index (κ2) is 14.3. The molecule has 132 valence electrons. The van der Waals surface area contributed by atoms with Gasteiger partial charge in [-0.15, -0.1) is 14.1 Å². The maximum absolute atomic E-state index is 11.0. The summed E-state index contributed by atoms with van der Waals surface area (Å²) in [6, 6.07) is 14.7. The molecule has 0 aromatic heterocycles. The van der Waals surface area contributed by atoms with E-state index in [1.807, 2.05) is 38.1 Å². The number of hydrogen-bond acceptors (Lipinski definition) is 2. The Morgan fingerprint density at radius 1 is 0.640 bits per heavy atom. The largest absolute Gasteiger partial charge is 4.00 e. The summed E-state index contributed by atoms with van der Waals surface area (Å²) in [7, 11) is 3.00. The number of halogens is 2. The number of amides is 2. The molecule has 0 unspecified atom stereocenters. The fraction of sp³-hybridized carbons (Fsp3) is 0.222. The van der Waals surface area contributed by atoms with Crippen LogP contribution >= 0.6 is 0 Å². The van der Waals surface area contributed by atoms with Gasteiger partial charge >= 0.3 is 21.7 Å². The van der Waals surface area contributed by atoms with Gasteiger partial charge in [-0.05, 0) is 25.0 Å². The van der Waals surface area contributed by atoms with Crippen LogP contribution in [0.15, 0.2) is 48.5 Å². The van der Waals surface area contributed by atoms with Crippen LogP contribution in [0.4, 0.5) is 0 Å². The van der Waals surface area contributed by atoms with Gasteiger partial charge in [0, 0.05) is 0 Å². The van der Waals surface area contributed by atoms with Gasteiger partial charge < -0.3 is 29.6 Å². The van der Waals surface area contributed by atoms with Crippen molar-refractivity contribution in [3.8, 4) is 0 Å². The monoisotopic (exact) mass is 382 g/mol. The number of carbonyl (C=O) groups excluding carboxylic acids is 2. The Bertz CT molecular complexity index is 575. The molecule has 0 spiro atoms. The van der Waals surface area contributed by atoms with E-state index in [0.717, 1.165) is 11.1 Å². The molecule has 0 bridgehead atoms. The molecular weight excluding hydrogens is 362 g/mol. The van der Waals surface area contributed by atoms with Gasteiger partial charge in [0.15, 0.2) is 0 Å². The van der Waals surface area contributed by atoms with E-state index in [2.05, 4.69) is 10.6 Å². The van der Waals surface area contributed by atoms with Crippen molar-refractivity contribution in [2.75, 3.05) is 14.1 Å². The number of hydrogen-bond donors (Lipinski definition) is 0. The molecule has 4 nitrogen and oxygen atoms in total. The van der Waals surface area contributed by atoms with Gasteiger partial charge in [-0.1, -0.05) is 59.7 Å². The maximum Gasteiger partial charge on any atom is 4.00 e. The minimum Gasteiger partial charge on any atom is -1.00 e. The summed E-state index contributed by atoms with van der Waals surface area (Å²) in [6.07, 6.45) is 0. The predicted molar refractivity (Wildman–Crippen MR) is 89.6 cm³/mol. The van der Waals surface area contributed by atoms with E-state index >= 15 is 0 Å². The molecule has 0 saturated heterocycles. The van der Waals surface area contributed by atoms with Crippen molar-refractivity contribution in [1.82, 2.24) is 0 Å². The van der Waals surface area contributed by atoms with Crippen LogP contribution in [-0.4, -0.2) is 25.9 Å². The van der Waals surface area contributed by atoms with E-state index in [1.54, 1.807) is 24.3 Å². The molecule has 0 atom stereocenters. The number of nitrogens with zero attached hydrogens (tertiary/aromatic N) is 2. The first-order valence-electron chi connectivity index (χ1n) is 6.89. The van der Waals surface area contributed by atoms with E-state index in [4.69, 9.17) is 0 Å². The summed E-state index contributed by atoms with van der Waals surface area (Å²) in [5, 5.41) is 7.10. The Morgan fingerprint density at radius 2 is 0.880 bits per heavy atom. The van der Waals surface area contributed by atoms with Crippen molar-refractivity contribution in [1.29, 1.82) is 0 Å². The van der Waals surface area contributed by atoms with Gasteiger partial charge in [0.2, 0.25) is 0 Å². The number of carbonyl (C=O) groups is 2. The third-order valence-electron chi connectivity index (χ3n) is 3.00. The number of aryl methyl sites for hydroxylation is 2. The van der Waals surface area contributed by atoms with Crippen LogP contribution in [-0.2, 0) is 21.7 Å². The standard InChI is InChI=1S/2C9H11NO.2FH.Ti/c2*1-7-3-5-8(6-4-7)9(11)10-2;;;/h2*3-6H,1-2H3,(H,10,11);2*1H;/q;;;;+4/p-4. The molecule has 0 aliphatic heterocycles. The fourth-order valence-corrected chi connectivity index (χ4v) is 1.65. The van der Waals surface area contributed by atoms with E-state index in [-0.39, 0.29) is 42.9 Å². The number of rotatable bonds is 2. The first-order valence-corrected chi connectivity index (χ1v) is 6.89. The van der Waals surface area contributed by atoms with Crippen molar-refractivity contribution in [2.45, 2.75) is 13.8 Å². The summed E-state index contributed by atoms with van der Waals surface area (Å²) < 4.78 is 0. The van der Waals surface area contributed by atoms with Crippen LogP contribution in [0.5, 0.6) is 0 Å². The van der Waals surface area contributed by atoms with Gasteiger partial charge in [0.1, 0.15) is 0 Å². The molecule has 25 heavy (non-hydrogen) atoms. The SMILES string of the molecule is C[N-]C(=O)c1ccc(C)cc1.C[N-]C(=O)c1ccc(C)cc1.[F-].[F-].[Ti+4]. The first-order chi connectivity index (χ1) is 10.5. The summed E-state index contributed by atoms with van der Waals surface area (Å²) in [5.74, 6) is -0.324. The molecule has 2 aromatic carbocycles. The van der Waals surface area contributed by atoms with Gasteiger partial charge in [-0.25, -0.2) is 0 Å². The molecule has 0 aliphatic rings. The Hall–Kier alpha value is -2.05. The topological polar surface area (TPSA) is 62.3 Å². The van der Waals surface area contributed by atoms with Crippen LogP contribution in [0.3, 0.4) is 0 Å². The van der Waals surface area contributed by atoms with Gasteiger partial charge in [0.25, 0.3) is 0 Å². The Balaban J connectivity index is -0.000000346. The maximum atomic E-state index is 11.0. The molecule has 2 aromatic rings. The molecule has 0 radical (unpaired) electrons. The molecule has 2 rings (SSSR count). The average molecular weight is 382 g/mol. The van der Waals surface area contributed by atoms with E-state index in [0.29, 0.717) is 11.1 Å². The normalized spacial score (nSPS) is 8.16. The zero-order chi connectivity index (χ0) is 16.5. The van der Waals surface area contributed by atoms with E-state index in [9.17, 15) is 9.59 Å². The second-order valence-corrected chi connectivity index (χ2v) is 4.79. The second-order valence-electron chi connectivity index (χ2n) is 4.79. The smallest absolute Gasteiger partial charge is 1.00 e. The predicted octanol–water partition coefficient (Wildman–Crippen LogP) is -1.72. The molecule has 0 aliphatic carbocycles. The Labute approximate surface area is 162 Å². The molecule has 2 amide bonds. The van der Waals surface area contributed by atoms with Crippen molar-refractivity contribution in [3.63, 3.8) is 0 Å². The summed E-state index contributed by atoms with van der Waals surface area (Å²) >= 11 is 0. The van der Waals surface area contributed by atoms with Crippen LogP contribution in [0.2, 0.25) is 0 Å². The van der Waals surface area contributed by atoms with Crippen molar-refractivity contribution in [2.24, 2.45) is 0 Å². The van der Waals surface area contributed by atoms with E-state index in [1.165, 1.54) is 14.1 Å². The molecular formula is C18H20F2N2O2Ti. The molecule has 7 heteroatoms. The average Bonchev–Trinajstić information content (AvgIpc) is 2.55. The zero-order valence-corrected chi connectivity index (χ0v) is 16.1. The Morgan fingerprint density at radius 3 is 1.08 bits per heavy atom. The molecule has 0 heterocycles. The molecule has 0 fully saturated rings. The minimum atomic E-state index is -0.162. The third-order valence-corrected chi connectivity index (χ3v) is 3.00. The van der Waals surface area contributed by atoms with Gasteiger partial charge in [-0.3, -0.25) is 0 Å². The van der Waals surface area contributed by atoms with Crippen molar-refractivity contribution >= 4 is 11.8 Å². The van der Waals surface area contributed by atoms with Crippen LogP contribution in [0.1, 0.15) is 31.8 Å². The van der Waals surface area contributed by atoms with Gasteiger partial charge in [0.05, 0.1) is 11.8 Å². The van der Waals surface area contributed by atoms with Crippen LogP contribution in [0, 0.1) is 13.8 Å². The van der Waals surface area contributed by atoms with Crippen molar-refractivity contribution in [3.05, 3.63) is 81.4 Å². The fourth-order valence-electron chi connectivity index (χ4n) is 1.65. The first kappa shape index (κ1) is 27.8. The third kappa shape index (κ3) is 9.74. The molecule has 0 saturated carbocycles. The quantitative estimate of drug-likeness (QED) is 0.581. The number of benzene rings is 2. The van der Waals surface area contributed by atoms with Crippen LogP contribution in [0.25, 0.3) is 10.6 Å². The summed E-state index contributed by atoms with van der Waals surface area (Å²) in [4.78, 5) is 21.9. The Kier molecular flexibility index (Phi) is 15.9. The molecule has 0 N–H and O–H groups in total. The summed E-state index contributed by atoms with van der Waals surface area (Å²) in [6.45, 7) is 3.97. The van der Waals surface area contributed by atoms with Gasteiger partial charge in [-0.2, -0.15) is 0 Å². The van der Waals surface area contributed by atoms with E-state index < -0.39 is 0 Å².